The van der Waals surface area contributed by atoms with Crippen molar-refractivity contribution in [2.24, 2.45) is 5.92 Å². The van der Waals surface area contributed by atoms with Gasteiger partial charge in [-0.1, -0.05) is 13.8 Å². The Labute approximate surface area is 125 Å². The SMILES string of the molecule is CC(C)Cn1cc(CNc2ccn(CCO)n2)cn1.Cl. The number of rotatable bonds is 7. The number of aromatic nitrogens is 4. The Balaban J connectivity index is 0.00000200. The molecule has 0 aliphatic rings. The highest BCUT2D eigenvalue weighted by atomic mass is 35.5. The van der Waals surface area contributed by atoms with Gasteiger partial charge in [-0.2, -0.15) is 10.2 Å². The van der Waals surface area contributed by atoms with Crippen LogP contribution in [-0.2, 0) is 19.6 Å². The van der Waals surface area contributed by atoms with Gasteiger partial charge in [0.2, 0.25) is 0 Å². The lowest BCUT2D eigenvalue weighted by Gasteiger charge is -2.03. The minimum Gasteiger partial charge on any atom is -0.394 e. The Bertz CT molecular complexity index is 508. The van der Waals surface area contributed by atoms with Crippen molar-refractivity contribution in [3.05, 3.63) is 30.2 Å². The van der Waals surface area contributed by atoms with Crippen LogP contribution in [0.1, 0.15) is 19.4 Å². The summed E-state index contributed by atoms with van der Waals surface area (Å²) in [5.74, 6) is 1.40. The van der Waals surface area contributed by atoms with Crippen LogP contribution in [0, 0.1) is 5.92 Å². The monoisotopic (exact) mass is 299 g/mol. The van der Waals surface area contributed by atoms with Crippen LogP contribution >= 0.6 is 12.4 Å². The first-order valence-corrected chi connectivity index (χ1v) is 6.57. The lowest BCUT2D eigenvalue weighted by Crippen LogP contribution is -2.05. The second-order valence-corrected chi connectivity index (χ2v) is 5.01. The van der Waals surface area contributed by atoms with Crippen LogP contribution in [0.2, 0.25) is 0 Å². The molecule has 0 atom stereocenters. The van der Waals surface area contributed by atoms with E-state index in [0.717, 1.165) is 17.9 Å². The smallest absolute Gasteiger partial charge is 0.148 e. The van der Waals surface area contributed by atoms with Crippen molar-refractivity contribution in [1.82, 2.24) is 19.6 Å². The van der Waals surface area contributed by atoms with Gasteiger partial charge in [0.1, 0.15) is 5.82 Å². The Hall–Kier alpha value is -1.53. The van der Waals surface area contributed by atoms with Gasteiger partial charge in [-0.3, -0.25) is 9.36 Å². The molecular weight excluding hydrogens is 278 g/mol. The lowest BCUT2D eigenvalue weighted by molar-refractivity contribution is 0.269. The van der Waals surface area contributed by atoms with Crippen molar-refractivity contribution >= 4 is 18.2 Å². The summed E-state index contributed by atoms with van der Waals surface area (Å²) in [6.45, 7) is 6.61. The Kier molecular flexibility index (Phi) is 6.54. The fraction of sp³-hybridized carbons (Fsp3) is 0.538. The molecule has 0 amide bonds. The third-order valence-electron chi connectivity index (χ3n) is 2.68. The molecule has 2 aromatic rings. The molecule has 0 spiro atoms. The van der Waals surface area contributed by atoms with Gasteiger partial charge in [-0.05, 0) is 5.92 Å². The summed E-state index contributed by atoms with van der Waals surface area (Å²) in [6.07, 6.45) is 5.78. The lowest BCUT2D eigenvalue weighted by atomic mass is 10.2. The summed E-state index contributed by atoms with van der Waals surface area (Å²) in [4.78, 5) is 0. The molecule has 0 aromatic carbocycles. The summed E-state index contributed by atoms with van der Waals surface area (Å²) in [6, 6.07) is 1.90. The van der Waals surface area contributed by atoms with Gasteiger partial charge < -0.3 is 10.4 Å². The largest absolute Gasteiger partial charge is 0.394 e. The van der Waals surface area contributed by atoms with E-state index in [2.05, 4.69) is 35.6 Å². The maximum Gasteiger partial charge on any atom is 0.148 e. The topological polar surface area (TPSA) is 67.9 Å². The molecule has 0 fully saturated rings. The van der Waals surface area contributed by atoms with Crippen molar-refractivity contribution in [2.45, 2.75) is 33.5 Å². The highest BCUT2D eigenvalue weighted by Gasteiger charge is 2.02. The summed E-state index contributed by atoms with van der Waals surface area (Å²) < 4.78 is 3.68. The summed E-state index contributed by atoms with van der Waals surface area (Å²) >= 11 is 0. The molecule has 2 heterocycles. The summed E-state index contributed by atoms with van der Waals surface area (Å²) in [7, 11) is 0. The molecule has 0 saturated heterocycles. The van der Waals surface area contributed by atoms with Gasteiger partial charge in [0, 0.05) is 37.1 Å². The van der Waals surface area contributed by atoms with Crippen molar-refractivity contribution in [1.29, 1.82) is 0 Å². The van der Waals surface area contributed by atoms with E-state index in [4.69, 9.17) is 5.11 Å². The molecule has 0 unspecified atom stereocenters. The van der Waals surface area contributed by atoms with Crippen LogP contribution in [0.3, 0.4) is 0 Å². The number of hydrogen-bond donors (Lipinski definition) is 2. The van der Waals surface area contributed by atoms with Crippen LogP contribution < -0.4 is 5.32 Å². The molecule has 0 aliphatic heterocycles. The van der Waals surface area contributed by atoms with E-state index in [0.29, 0.717) is 19.0 Å². The van der Waals surface area contributed by atoms with Gasteiger partial charge >= 0.3 is 0 Å². The minimum atomic E-state index is 0. The van der Waals surface area contributed by atoms with E-state index in [9.17, 15) is 0 Å². The first-order chi connectivity index (χ1) is 9.17. The Morgan fingerprint density at radius 2 is 2.15 bits per heavy atom. The van der Waals surface area contributed by atoms with E-state index in [1.807, 2.05) is 23.1 Å². The molecule has 112 valence electrons. The minimum absolute atomic E-state index is 0. The number of anilines is 1. The first kappa shape index (κ1) is 16.5. The van der Waals surface area contributed by atoms with E-state index >= 15 is 0 Å². The molecule has 0 bridgehead atoms. The molecule has 0 radical (unpaired) electrons. The molecule has 2 rings (SSSR count). The zero-order valence-corrected chi connectivity index (χ0v) is 12.7. The molecule has 0 saturated carbocycles. The van der Waals surface area contributed by atoms with Gasteiger partial charge in [0.05, 0.1) is 19.3 Å². The average Bonchev–Trinajstić information content (AvgIpc) is 2.96. The molecule has 20 heavy (non-hydrogen) atoms. The van der Waals surface area contributed by atoms with Gasteiger partial charge in [0.15, 0.2) is 0 Å². The molecule has 2 aromatic heterocycles. The first-order valence-electron chi connectivity index (χ1n) is 6.57. The maximum absolute atomic E-state index is 8.82. The summed E-state index contributed by atoms with van der Waals surface area (Å²) in [5.41, 5.74) is 1.14. The van der Waals surface area contributed by atoms with E-state index in [-0.39, 0.29) is 19.0 Å². The zero-order chi connectivity index (χ0) is 13.7. The fourth-order valence-electron chi connectivity index (χ4n) is 1.85. The fourth-order valence-corrected chi connectivity index (χ4v) is 1.85. The Morgan fingerprint density at radius 1 is 1.35 bits per heavy atom. The number of nitrogens with zero attached hydrogens (tertiary/aromatic N) is 4. The molecule has 0 aliphatic carbocycles. The normalized spacial score (nSPS) is 10.6. The third-order valence-corrected chi connectivity index (χ3v) is 2.68. The Morgan fingerprint density at radius 3 is 2.85 bits per heavy atom. The number of halogens is 1. The van der Waals surface area contributed by atoms with Crippen LogP contribution in [0.5, 0.6) is 0 Å². The number of aliphatic hydroxyl groups excluding tert-OH is 1. The van der Waals surface area contributed by atoms with Crippen LogP contribution in [0.15, 0.2) is 24.7 Å². The second-order valence-electron chi connectivity index (χ2n) is 5.01. The zero-order valence-electron chi connectivity index (χ0n) is 11.9. The predicted molar refractivity (Wildman–Crippen MR) is 81.0 cm³/mol. The quantitative estimate of drug-likeness (QED) is 0.817. The maximum atomic E-state index is 8.82. The van der Waals surface area contributed by atoms with Gasteiger partial charge in [0.25, 0.3) is 0 Å². The van der Waals surface area contributed by atoms with Crippen LogP contribution in [0.4, 0.5) is 5.82 Å². The number of nitrogens with one attached hydrogen (secondary N) is 1. The van der Waals surface area contributed by atoms with Gasteiger partial charge in [-0.25, -0.2) is 0 Å². The predicted octanol–water partition coefficient (Wildman–Crippen LogP) is 1.76. The highest BCUT2D eigenvalue weighted by molar-refractivity contribution is 5.85. The molecule has 6 nitrogen and oxygen atoms in total. The van der Waals surface area contributed by atoms with Crippen molar-refractivity contribution < 1.29 is 5.11 Å². The highest BCUT2D eigenvalue weighted by Crippen LogP contribution is 2.07. The standard InChI is InChI=1S/C13H21N5O.ClH/c1-11(2)9-18-10-12(8-15-18)7-14-13-3-4-17(16-13)5-6-19;/h3-4,8,10-11,19H,5-7,9H2,1-2H3,(H,14,16);1H. The third kappa shape index (κ3) is 4.86. The molecular formula is C13H22ClN5O. The van der Waals surface area contributed by atoms with Crippen LogP contribution in [-0.4, -0.2) is 31.3 Å². The number of hydrogen-bond acceptors (Lipinski definition) is 4. The molecule has 2 N–H and O–H groups in total. The van der Waals surface area contributed by atoms with E-state index in [1.165, 1.54) is 0 Å². The summed E-state index contributed by atoms with van der Waals surface area (Å²) in [5, 5.41) is 20.7. The number of aliphatic hydroxyl groups is 1. The molecule has 7 heteroatoms. The second kappa shape index (κ2) is 7.91. The van der Waals surface area contributed by atoms with E-state index in [1.54, 1.807) is 4.68 Å². The van der Waals surface area contributed by atoms with Crippen molar-refractivity contribution in [2.75, 3.05) is 11.9 Å². The van der Waals surface area contributed by atoms with Gasteiger partial charge in [-0.15, -0.1) is 12.4 Å². The average molecular weight is 300 g/mol. The van der Waals surface area contributed by atoms with Crippen molar-refractivity contribution in [3.63, 3.8) is 0 Å². The van der Waals surface area contributed by atoms with E-state index < -0.39 is 0 Å². The van der Waals surface area contributed by atoms with Crippen molar-refractivity contribution in [3.8, 4) is 0 Å². The van der Waals surface area contributed by atoms with Crippen LogP contribution in [0.25, 0.3) is 0 Å².